The number of fused-ring (bicyclic) bond motifs is 5. The molecule has 0 aromatic carbocycles. The standard InChI is InChI=1S/C32H48O5/c1-19(2)10-9-11-21(28(35)36)27-24(37-20(3)33)18-32(8)23-12-13-25-29(4,5)26(34)15-16-30(25,6)22(23)14-17-31(27,32)7/h10,12,14,21,24-27,34H,9,11,13,15-18H2,1-8H3,(H,35,36). The molecule has 2 N–H and O–H groups in total. The van der Waals surface area contributed by atoms with Gasteiger partial charge in [-0.15, -0.1) is 0 Å². The molecule has 0 aromatic heterocycles. The third-order valence-corrected chi connectivity index (χ3v) is 11.4. The van der Waals surface area contributed by atoms with Crippen molar-refractivity contribution in [3.8, 4) is 0 Å². The van der Waals surface area contributed by atoms with E-state index in [4.69, 9.17) is 4.74 Å². The van der Waals surface area contributed by atoms with Crippen molar-refractivity contribution in [3.63, 3.8) is 0 Å². The van der Waals surface area contributed by atoms with Gasteiger partial charge in [0.25, 0.3) is 0 Å². The fourth-order valence-electron chi connectivity index (χ4n) is 9.11. The highest BCUT2D eigenvalue weighted by Gasteiger charge is 2.67. The fraction of sp³-hybridized carbons (Fsp3) is 0.750. The van der Waals surface area contributed by atoms with E-state index in [9.17, 15) is 19.8 Å². The highest BCUT2D eigenvalue weighted by molar-refractivity contribution is 5.71. The Morgan fingerprint density at radius 1 is 1.11 bits per heavy atom. The molecule has 37 heavy (non-hydrogen) atoms. The fourth-order valence-corrected chi connectivity index (χ4v) is 9.11. The van der Waals surface area contributed by atoms with Gasteiger partial charge in [0.15, 0.2) is 0 Å². The lowest BCUT2D eigenvalue weighted by Gasteiger charge is -2.60. The maximum absolute atomic E-state index is 12.7. The summed E-state index contributed by atoms with van der Waals surface area (Å²) in [5.74, 6) is -1.63. The van der Waals surface area contributed by atoms with Gasteiger partial charge in [0.2, 0.25) is 0 Å². The van der Waals surface area contributed by atoms with Crippen LogP contribution in [0.25, 0.3) is 0 Å². The molecule has 2 saturated carbocycles. The molecule has 5 nitrogen and oxygen atoms in total. The number of aliphatic hydroxyl groups is 1. The number of carbonyl (C=O) groups is 2. The normalized spacial score (nSPS) is 40.8. The molecule has 0 aliphatic heterocycles. The lowest BCUT2D eigenvalue weighted by Crippen LogP contribution is -2.54. The number of aliphatic hydroxyl groups excluding tert-OH is 1. The predicted octanol–water partition coefficient (Wildman–Crippen LogP) is 6.86. The third-order valence-electron chi connectivity index (χ3n) is 11.4. The van der Waals surface area contributed by atoms with E-state index in [2.05, 4.69) is 52.8 Å². The minimum absolute atomic E-state index is 0.0260. The smallest absolute Gasteiger partial charge is 0.306 e. The molecule has 0 bridgehead atoms. The molecule has 8 unspecified atom stereocenters. The summed E-state index contributed by atoms with van der Waals surface area (Å²) in [6.07, 6.45) is 11.5. The van der Waals surface area contributed by atoms with Crippen molar-refractivity contribution in [2.75, 3.05) is 0 Å². The monoisotopic (exact) mass is 512 g/mol. The maximum atomic E-state index is 12.7. The van der Waals surface area contributed by atoms with E-state index in [0.29, 0.717) is 25.2 Å². The van der Waals surface area contributed by atoms with Crippen LogP contribution in [0.1, 0.15) is 100 Å². The summed E-state index contributed by atoms with van der Waals surface area (Å²) in [7, 11) is 0. The van der Waals surface area contributed by atoms with Crippen molar-refractivity contribution in [1.82, 2.24) is 0 Å². The van der Waals surface area contributed by atoms with Crippen LogP contribution >= 0.6 is 0 Å². The van der Waals surface area contributed by atoms with Crippen molar-refractivity contribution in [2.24, 2.45) is 39.4 Å². The Hall–Kier alpha value is -1.88. The van der Waals surface area contributed by atoms with E-state index >= 15 is 0 Å². The summed E-state index contributed by atoms with van der Waals surface area (Å²) >= 11 is 0. The number of hydrogen-bond acceptors (Lipinski definition) is 4. The van der Waals surface area contributed by atoms with Gasteiger partial charge in [0, 0.05) is 18.3 Å². The van der Waals surface area contributed by atoms with Gasteiger partial charge in [-0.05, 0) is 92.1 Å². The second-order valence-electron chi connectivity index (χ2n) is 14.0. The molecule has 4 aliphatic rings. The SMILES string of the molecule is CC(=O)OC1CC2(C)C3=CCC4C(C)(CCC(O)C4(C)C)C3=CCC2(C)C1C(CCC=C(C)C)C(=O)O. The van der Waals surface area contributed by atoms with Crippen LogP contribution in [0.5, 0.6) is 0 Å². The summed E-state index contributed by atoms with van der Waals surface area (Å²) < 4.78 is 5.96. The highest BCUT2D eigenvalue weighted by atomic mass is 16.5. The van der Waals surface area contributed by atoms with Gasteiger partial charge in [0.1, 0.15) is 6.10 Å². The van der Waals surface area contributed by atoms with Gasteiger partial charge in [-0.1, -0.05) is 58.4 Å². The molecule has 8 atom stereocenters. The summed E-state index contributed by atoms with van der Waals surface area (Å²) in [6.45, 7) is 16.8. The minimum Gasteiger partial charge on any atom is -0.481 e. The van der Waals surface area contributed by atoms with Crippen LogP contribution in [-0.2, 0) is 14.3 Å². The zero-order valence-electron chi connectivity index (χ0n) is 24.2. The van der Waals surface area contributed by atoms with Gasteiger partial charge in [-0.2, -0.15) is 0 Å². The highest BCUT2D eigenvalue weighted by Crippen LogP contribution is 2.72. The van der Waals surface area contributed by atoms with E-state index in [1.165, 1.54) is 23.6 Å². The maximum Gasteiger partial charge on any atom is 0.306 e. The Morgan fingerprint density at radius 3 is 2.38 bits per heavy atom. The molecule has 0 saturated heterocycles. The zero-order chi connectivity index (χ0) is 27.6. The van der Waals surface area contributed by atoms with Gasteiger partial charge >= 0.3 is 11.9 Å². The molecular formula is C32H48O5. The second-order valence-corrected chi connectivity index (χ2v) is 14.0. The van der Waals surface area contributed by atoms with Gasteiger partial charge in [0.05, 0.1) is 12.0 Å². The van der Waals surface area contributed by atoms with Gasteiger partial charge in [-0.25, -0.2) is 0 Å². The summed E-state index contributed by atoms with van der Waals surface area (Å²) in [6, 6.07) is 0. The van der Waals surface area contributed by atoms with Gasteiger partial charge in [-0.3, -0.25) is 9.59 Å². The van der Waals surface area contributed by atoms with E-state index in [1.54, 1.807) is 0 Å². The number of allylic oxidation sites excluding steroid dienone is 6. The van der Waals surface area contributed by atoms with Crippen molar-refractivity contribution in [1.29, 1.82) is 0 Å². The number of esters is 1. The number of rotatable bonds is 6. The number of carboxylic acid groups (broad SMARTS) is 1. The summed E-state index contributed by atoms with van der Waals surface area (Å²) in [4.78, 5) is 25.0. The first-order valence-corrected chi connectivity index (χ1v) is 14.2. The van der Waals surface area contributed by atoms with E-state index in [0.717, 1.165) is 25.7 Å². The van der Waals surface area contributed by atoms with E-state index in [1.807, 2.05) is 13.8 Å². The molecule has 2 fully saturated rings. The molecule has 0 radical (unpaired) electrons. The van der Waals surface area contributed by atoms with E-state index in [-0.39, 0.29) is 39.7 Å². The summed E-state index contributed by atoms with van der Waals surface area (Å²) in [5.41, 5.74) is 3.08. The number of hydrogen-bond donors (Lipinski definition) is 2. The molecule has 0 spiro atoms. The Balaban J connectivity index is 1.80. The van der Waals surface area contributed by atoms with Gasteiger partial charge < -0.3 is 14.9 Å². The average Bonchev–Trinajstić information content (AvgIpc) is 3.00. The Bertz CT molecular complexity index is 1050. The van der Waals surface area contributed by atoms with Crippen LogP contribution < -0.4 is 0 Å². The Morgan fingerprint density at radius 2 is 1.78 bits per heavy atom. The van der Waals surface area contributed by atoms with E-state index < -0.39 is 18.0 Å². The van der Waals surface area contributed by atoms with Crippen molar-refractivity contribution in [2.45, 2.75) is 113 Å². The number of carbonyl (C=O) groups excluding carboxylic acids is 1. The largest absolute Gasteiger partial charge is 0.481 e. The van der Waals surface area contributed by atoms with Crippen molar-refractivity contribution >= 4 is 11.9 Å². The molecule has 5 heteroatoms. The molecule has 206 valence electrons. The topological polar surface area (TPSA) is 83.8 Å². The zero-order valence-corrected chi connectivity index (χ0v) is 24.2. The van der Waals surface area contributed by atoms with Crippen molar-refractivity contribution < 1.29 is 24.5 Å². The van der Waals surface area contributed by atoms with Crippen molar-refractivity contribution in [3.05, 3.63) is 34.9 Å². The van der Waals surface area contributed by atoms with Crippen LogP contribution in [-0.4, -0.2) is 34.4 Å². The minimum atomic E-state index is -0.794. The average molecular weight is 513 g/mol. The molecule has 4 rings (SSSR count). The molecule has 0 amide bonds. The Kier molecular flexibility index (Phi) is 7.14. The predicted molar refractivity (Wildman–Crippen MR) is 146 cm³/mol. The first kappa shape index (κ1) is 28.1. The lowest BCUT2D eigenvalue weighted by molar-refractivity contribution is -0.158. The number of carboxylic acids is 1. The lowest BCUT2D eigenvalue weighted by atomic mass is 9.44. The van der Waals surface area contributed by atoms with Crippen LogP contribution in [0.3, 0.4) is 0 Å². The Labute approximate surface area is 223 Å². The molecule has 0 heterocycles. The third kappa shape index (κ3) is 4.24. The first-order chi connectivity index (χ1) is 17.1. The number of ether oxygens (including phenoxy) is 1. The van der Waals surface area contributed by atoms with Crippen LogP contribution in [0.15, 0.2) is 34.9 Å². The molecule has 4 aliphatic carbocycles. The molecular weight excluding hydrogens is 464 g/mol. The second kappa shape index (κ2) is 9.39. The summed E-state index contributed by atoms with van der Waals surface area (Å²) in [5, 5.41) is 21.3. The van der Waals surface area contributed by atoms with Crippen LogP contribution in [0.4, 0.5) is 0 Å². The molecule has 0 aromatic rings. The van der Waals surface area contributed by atoms with Crippen LogP contribution in [0, 0.1) is 39.4 Å². The number of aliphatic carboxylic acids is 1. The van der Waals surface area contributed by atoms with Crippen LogP contribution in [0.2, 0.25) is 0 Å². The quantitative estimate of drug-likeness (QED) is 0.300. The first-order valence-electron chi connectivity index (χ1n) is 14.2.